The van der Waals surface area contributed by atoms with Crippen molar-refractivity contribution in [2.24, 2.45) is 0 Å². The molecule has 2 aromatic carbocycles. The van der Waals surface area contributed by atoms with Gasteiger partial charge in [-0.2, -0.15) is 5.10 Å². The highest BCUT2D eigenvalue weighted by molar-refractivity contribution is 6.30. The standard InChI is InChI=1S/C21H20ClN3O/c1-12-3-10-17(13(2)11-12)19-20(18(24-25-19)14-4-5-14)23-21(26)15-6-8-16(22)9-7-15/h3,6-11,14H,4-5H2,1-2H3,(H,23,26)(H,24,25). The molecule has 1 fully saturated rings. The molecule has 0 spiro atoms. The van der Waals surface area contributed by atoms with E-state index in [-0.39, 0.29) is 5.91 Å². The van der Waals surface area contributed by atoms with E-state index in [0.29, 0.717) is 16.5 Å². The summed E-state index contributed by atoms with van der Waals surface area (Å²) in [6.07, 6.45) is 2.25. The second kappa shape index (κ2) is 6.61. The van der Waals surface area contributed by atoms with E-state index < -0.39 is 0 Å². The molecule has 4 nitrogen and oxygen atoms in total. The van der Waals surface area contributed by atoms with Gasteiger partial charge in [0.25, 0.3) is 5.91 Å². The van der Waals surface area contributed by atoms with Crippen LogP contribution in [0.25, 0.3) is 11.3 Å². The lowest BCUT2D eigenvalue weighted by atomic mass is 10.0. The fourth-order valence-corrected chi connectivity index (χ4v) is 3.34. The number of carbonyl (C=O) groups is 1. The van der Waals surface area contributed by atoms with E-state index in [9.17, 15) is 4.79 Å². The van der Waals surface area contributed by atoms with Gasteiger partial charge in [0, 0.05) is 22.1 Å². The highest BCUT2D eigenvalue weighted by Gasteiger charge is 2.31. The summed E-state index contributed by atoms with van der Waals surface area (Å²) in [6, 6.07) is 13.2. The Kier molecular flexibility index (Phi) is 4.29. The van der Waals surface area contributed by atoms with Crippen LogP contribution in [-0.2, 0) is 0 Å². The van der Waals surface area contributed by atoms with Crippen LogP contribution in [0.15, 0.2) is 42.5 Å². The average molecular weight is 366 g/mol. The maximum Gasteiger partial charge on any atom is 0.255 e. The topological polar surface area (TPSA) is 57.8 Å². The summed E-state index contributed by atoms with van der Waals surface area (Å²) < 4.78 is 0. The van der Waals surface area contributed by atoms with E-state index in [1.165, 1.54) is 5.56 Å². The highest BCUT2D eigenvalue weighted by atomic mass is 35.5. The molecule has 3 aromatic rings. The van der Waals surface area contributed by atoms with Crippen molar-refractivity contribution in [1.82, 2.24) is 10.2 Å². The Labute approximate surface area is 157 Å². The molecule has 0 atom stereocenters. The fraction of sp³-hybridized carbons (Fsp3) is 0.238. The fourth-order valence-electron chi connectivity index (χ4n) is 3.21. The van der Waals surface area contributed by atoms with Crippen LogP contribution in [0.2, 0.25) is 5.02 Å². The van der Waals surface area contributed by atoms with Crippen molar-refractivity contribution >= 4 is 23.2 Å². The summed E-state index contributed by atoms with van der Waals surface area (Å²) in [4.78, 5) is 12.7. The molecule has 4 rings (SSSR count). The van der Waals surface area contributed by atoms with E-state index in [0.717, 1.165) is 41.0 Å². The summed E-state index contributed by atoms with van der Waals surface area (Å²) >= 11 is 5.92. The minimum atomic E-state index is -0.156. The van der Waals surface area contributed by atoms with Crippen LogP contribution in [0.4, 0.5) is 5.69 Å². The van der Waals surface area contributed by atoms with Gasteiger partial charge >= 0.3 is 0 Å². The van der Waals surface area contributed by atoms with Gasteiger partial charge in [0.15, 0.2) is 0 Å². The maximum atomic E-state index is 12.7. The van der Waals surface area contributed by atoms with Crippen molar-refractivity contribution in [2.75, 3.05) is 5.32 Å². The minimum Gasteiger partial charge on any atom is -0.319 e. The first-order valence-electron chi connectivity index (χ1n) is 8.75. The summed E-state index contributed by atoms with van der Waals surface area (Å²) in [5, 5.41) is 11.4. The number of aromatic amines is 1. The lowest BCUT2D eigenvalue weighted by Crippen LogP contribution is -2.13. The largest absolute Gasteiger partial charge is 0.319 e. The van der Waals surface area contributed by atoms with E-state index >= 15 is 0 Å². The number of halogens is 1. The van der Waals surface area contributed by atoms with Gasteiger partial charge in [0.2, 0.25) is 0 Å². The first kappa shape index (κ1) is 16.9. The Morgan fingerprint density at radius 3 is 2.54 bits per heavy atom. The average Bonchev–Trinajstić information content (AvgIpc) is 3.37. The number of hydrogen-bond acceptors (Lipinski definition) is 2. The molecule has 1 saturated carbocycles. The van der Waals surface area contributed by atoms with Gasteiger partial charge in [-0.25, -0.2) is 0 Å². The molecule has 0 aliphatic heterocycles. The monoisotopic (exact) mass is 365 g/mol. The molecule has 0 unspecified atom stereocenters. The predicted molar refractivity (Wildman–Crippen MR) is 105 cm³/mol. The number of benzene rings is 2. The quantitative estimate of drug-likeness (QED) is 0.643. The van der Waals surface area contributed by atoms with Gasteiger partial charge in [-0.3, -0.25) is 9.89 Å². The molecule has 2 N–H and O–H groups in total. The molecule has 1 heterocycles. The number of nitrogens with zero attached hydrogens (tertiary/aromatic N) is 1. The molecule has 1 aromatic heterocycles. The van der Waals surface area contributed by atoms with Crippen LogP contribution in [0.5, 0.6) is 0 Å². The van der Waals surface area contributed by atoms with E-state index in [1.54, 1.807) is 24.3 Å². The molecule has 132 valence electrons. The van der Waals surface area contributed by atoms with Crippen molar-refractivity contribution < 1.29 is 4.79 Å². The van der Waals surface area contributed by atoms with Crippen LogP contribution in [-0.4, -0.2) is 16.1 Å². The molecule has 0 radical (unpaired) electrons. The number of anilines is 1. The predicted octanol–water partition coefficient (Wildman–Crippen LogP) is 5.48. The molecule has 1 aliphatic carbocycles. The van der Waals surface area contributed by atoms with Crippen LogP contribution in [0, 0.1) is 13.8 Å². The van der Waals surface area contributed by atoms with Crippen molar-refractivity contribution in [2.45, 2.75) is 32.6 Å². The number of rotatable bonds is 4. The van der Waals surface area contributed by atoms with Gasteiger partial charge in [-0.1, -0.05) is 35.4 Å². The van der Waals surface area contributed by atoms with E-state index in [2.05, 4.69) is 47.6 Å². The lowest BCUT2D eigenvalue weighted by Gasteiger charge is -2.10. The van der Waals surface area contributed by atoms with Gasteiger partial charge in [-0.15, -0.1) is 0 Å². The number of H-pyrrole nitrogens is 1. The number of aryl methyl sites for hydroxylation is 2. The van der Waals surface area contributed by atoms with Crippen molar-refractivity contribution in [3.8, 4) is 11.3 Å². The summed E-state index contributed by atoms with van der Waals surface area (Å²) in [5.41, 5.74) is 6.55. The highest BCUT2D eigenvalue weighted by Crippen LogP contribution is 2.45. The summed E-state index contributed by atoms with van der Waals surface area (Å²) in [7, 11) is 0. The molecular weight excluding hydrogens is 346 g/mol. The SMILES string of the molecule is Cc1ccc(-c2n[nH]c(C3CC3)c2NC(=O)c2ccc(Cl)cc2)c(C)c1. The Balaban J connectivity index is 1.73. The number of amides is 1. The smallest absolute Gasteiger partial charge is 0.255 e. The second-order valence-electron chi connectivity index (χ2n) is 6.91. The number of hydrogen-bond donors (Lipinski definition) is 2. The molecule has 1 aliphatic rings. The van der Waals surface area contributed by atoms with Crippen molar-refractivity contribution in [3.63, 3.8) is 0 Å². The van der Waals surface area contributed by atoms with E-state index in [4.69, 9.17) is 11.6 Å². The van der Waals surface area contributed by atoms with Gasteiger partial charge in [0.05, 0.1) is 11.4 Å². The Bertz CT molecular complexity index is 971. The normalized spacial score (nSPS) is 13.7. The second-order valence-corrected chi connectivity index (χ2v) is 7.35. The number of nitrogens with one attached hydrogen (secondary N) is 2. The zero-order chi connectivity index (χ0) is 18.3. The Hall–Kier alpha value is -2.59. The van der Waals surface area contributed by atoms with Crippen molar-refractivity contribution in [3.05, 3.63) is 69.9 Å². The van der Waals surface area contributed by atoms with Crippen LogP contribution < -0.4 is 5.32 Å². The third-order valence-corrected chi connectivity index (χ3v) is 5.01. The molecule has 5 heteroatoms. The zero-order valence-electron chi connectivity index (χ0n) is 14.8. The third kappa shape index (κ3) is 3.25. The van der Waals surface area contributed by atoms with E-state index in [1.807, 2.05) is 0 Å². The Morgan fingerprint density at radius 1 is 1.15 bits per heavy atom. The number of carbonyl (C=O) groups excluding carboxylic acids is 1. The van der Waals surface area contributed by atoms with Crippen LogP contribution in [0.3, 0.4) is 0 Å². The van der Waals surface area contributed by atoms with Gasteiger partial charge in [-0.05, 0) is 56.5 Å². The maximum absolute atomic E-state index is 12.7. The molecule has 1 amide bonds. The Morgan fingerprint density at radius 2 is 1.88 bits per heavy atom. The van der Waals surface area contributed by atoms with Crippen LogP contribution in [0.1, 0.15) is 45.9 Å². The van der Waals surface area contributed by atoms with Gasteiger partial charge < -0.3 is 5.32 Å². The first-order chi connectivity index (χ1) is 12.5. The summed E-state index contributed by atoms with van der Waals surface area (Å²) in [5.74, 6) is 0.290. The summed E-state index contributed by atoms with van der Waals surface area (Å²) in [6.45, 7) is 4.14. The molecule has 0 saturated heterocycles. The third-order valence-electron chi connectivity index (χ3n) is 4.76. The molecular formula is C21H20ClN3O. The van der Waals surface area contributed by atoms with Crippen molar-refractivity contribution in [1.29, 1.82) is 0 Å². The molecule has 0 bridgehead atoms. The molecule has 26 heavy (non-hydrogen) atoms. The minimum absolute atomic E-state index is 0.156. The van der Waals surface area contributed by atoms with Gasteiger partial charge in [0.1, 0.15) is 5.69 Å². The first-order valence-corrected chi connectivity index (χ1v) is 9.13. The zero-order valence-corrected chi connectivity index (χ0v) is 15.5. The number of aromatic nitrogens is 2. The van der Waals surface area contributed by atoms with Crippen LogP contribution >= 0.6 is 11.6 Å². The lowest BCUT2D eigenvalue weighted by molar-refractivity contribution is 0.102.